The molecule has 2 rings (SSSR count). The van der Waals surface area contributed by atoms with Crippen LogP contribution in [0.25, 0.3) is 0 Å². The Kier molecular flexibility index (Phi) is 4.54. The number of nitrogens with two attached hydrogens (primary N) is 1. The van der Waals surface area contributed by atoms with Crippen LogP contribution in [0.4, 0.5) is 5.69 Å². The summed E-state index contributed by atoms with van der Waals surface area (Å²) in [7, 11) is 0. The monoisotopic (exact) mass is 389 g/mol. The van der Waals surface area contributed by atoms with E-state index in [0.717, 1.165) is 20.3 Å². The molecule has 18 heavy (non-hydrogen) atoms. The third kappa shape index (κ3) is 3.40. The highest BCUT2D eigenvalue weighted by molar-refractivity contribution is 9.11. The SMILES string of the molecule is Nc1cc(COc2ccc(Cl)cc2Br)ccc1Br. The number of anilines is 1. The molecule has 0 radical (unpaired) electrons. The van der Waals surface area contributed by atoms with Crippen molar-refractivity contribution < 1.29 is 4.74 Å². The molecule has 0 aromatic heterocycles. The summed E-state index contributed by atoms with van der Waals surface area (Å²) in [6.45, 7) is 0.456. The molecular formula is C13H10Br2ClNO. The van der Waals surface area contributed by atoms with E-state index in [1.165, 1.54) is 0 Å². The highest BCUT2D eigenvalue weighted by Crippen LogP contribution is 2.29. The van der Waals surface area contributed by atoms with E-state index in [-0.39, 0.29) is 0 Å². The van der Waals surface area contributed by atoms with Crippen LogP contribution in [0.15, 0.2) is 45.3 Å². The second-order valence-electron chi connectivity index (χ2n) is 3.72. The zero-order chi connectivity index (χ0) is 13.1. The van der Waals surface area contributed by atoms with Gasteiger partial charge in [0.2, 0.25) is 0 Å². The summed E-state index contributed by atoms with van der Waals surface area (Å²) in [5.74, 6) is 0.751. The maximum absolute atomic E-state index is 5.87. The van der Waals surface area contributed by atoms with Crippen LogP contribution in [0.5, 0.6) is 5.75 Å². The fourth-order valence-corrected chi connectivity index (χ4v) is 2.48. The molecule has 0 aliphatic heterocycles. The van der Waals surface area contributed by atoms with Gasteiger partial charge in [0.05, 0.1) is 4.47 Å². The van der Waals surface area contributed by atoms with Crippen molar-refractivity contribution in [3.63, 3.8) is 0 Å². The van der Waals surface area contributed by atoms with Gasteiger partial charge in [0.25, 0.3) is 0 Å². The maximum Gasteiger partial charge on any atom is 0.134 e. The summed E-state index contributed by atoms with van der Waals surface area (Å²) in [5.41, 5.74) is 7.52. The lowest BCUT2D eigenvalue weighted by Crippen LogP contribution is -1.97. The average molecular weight is 391 g/mol. The summed E-state index contributed by atoms with van der Waals surface area (Å²) in [5, 5.41) is 0.669. The molecule has 0 aliphatic carbocycles. The Bertz CT molecular complexity index is 575. The van der Waals surface area contributed by atoms with Crippen LogP contribution in [0.3, 0.4) is 0 Å². The average Bonchev–Trinajstić information content (AvgIpc) is 2.32. The summed E-state index contributed by atoms with van der Waals surface area (Å²) >= 11 is 12.6. The van der Waals surface area contributed by atoms with Crippen molar-refractivity contribution in [1.29, 1.82) is 0 Å². The van der Waals surface area contributed by atoms with Gasteiger partial charge in [0, 0.05) is 15.2 Å². The van der Waals surface area contributed by atoms with Crippen molar-refractivity contribution in [2.24, 2.45) is 0 Å². The van der Waals surface area contributed by atoms with Crippen molar-refractivity contribution in [2.75, 3.05) is 5.73 Å². The van der Waals surface area contributed by atoms with Gasteiger partial charge in [-0.2, -0.15) is 0 Å². The van der Waals surface area contributed by atoms with Crippen LogP contribution in [0.1, 0.15) is 5.56 Å². The molecule has 0 spiro atoms. The van der Waals surface area contributed by atoms with Crippen molar-refractivity contribution >= 4 is 49.1 Å². The van der Waals surface area contributed by atoms with E-state index in [4.69, 9.17) is 22.1 Å². The van der Waals surface area contributed by atoms with Gasteiger partial charge in [0.15, 0.2) is 0 Å². The number of ether oxygens (including phenoxy) is 1. The van der Waals surface area contributed by atoms with Gasteiger partial charge in [-0.1, -0.05) is 17.7 Å². The minimum Gasteiger partial charge on any atom is -0.488 e. The normalized spacial score (nSPS) is 10.4. The molecule has 2 aromatic carbocycles. The number of nitrogen functional groups attached to an aromatic ring is 1. The molecule has 0 saturated heterocycles. The molecular weight excluding hydrogens is 381 g/mol. The zero-order valence-electron chi connectivity index (χ0n) is 9.29. The van der Waals surface area contributed by atoms with Crippen molar-refractivity contribution in [3.05, 3.63) is 55.9 Å². The van der Waals surface area contributed by atoms with Crippen LogP contribution < -0.4 is 10.5 Å². The van der Waals surface area contributed by atoms with E-state index >= 15 is 0 Å². The number of hydrogen-bond acceptors (Lipinski definition) is 2. The summed E-state index contributed by atoms with van der Waals surface area (Å²) in [6, 6.07) is 11.2. The topological polar surface area (TPSA) is 35.2 Å². The zero-order valence-corrected chi connectivity index (χ0v) is 13.2. The van der Waals surface area contributed by atoms with Crippen LogP contribution in [0, 0.1) is 0 Å². The summed E-state index contributed by atoms with van der Waals surface area (Å²) in [6.07, 6.45) is 0. The van der Waals surface area contributed by atoms with Crippen molar-refractivity contribution in [2.45, 2.75) is 6.61 Å². The second kappa shape index (κ2) is 5.95. The third-order valence-corrected chi connectivity index (χ3v) is 3.93. The molecule has 0 fully saturated rings. The third-order valence-electron chi connectivity index (χ3n) is 2.35. The molecule has 0 atom stereocenters. The standard InChI is InChI=1S/C13H10Br2ClNO/c14-10-3-1-8(5-12(10)17)7-18-13-4-2-9(16)6-11(13)15/h1-6H,7,17H2. The molecule has 94 valence electrons. The number of hydrogen-bond donors (Lipinski definition) is 1. The molecule has 2 nitrogen and oxygen atoms in total. The molecule has 0 bridgehead atoms. The van der Waals surface area contributed by atoms with E-state index in [9.17, 15) is 0 Å². The Balaban J connectivity index is 2.09. The molecule has 5 heteroatoms. The number of halogens is 3. The lowest BCUT2D eigenvalue weighted by Gasteiger charge is -2.09. The lowest BCUT2D eigenvalue weighted by molar-refractivity contribution is 0.304. The van der Waals surface area contributed by atoms with Crippen molar-refractivity contribution in [3.8, 4) is 5.75 Å². The Morgan fingerprint density at radius 3 is 2.50 bits per heavy atom. The molecule has 2 N–H and O–H groups in total. The van der Waals surface area contributed by atoms with Gasteiger partial charge in [-0.25, -0.2) is 0 Å². The predicted molar refractivity (Wildman–Crippen MR) is 82.0 cm³/mol. The van der Waals surface area contributed by atoms with Gasteiger partial charge in [-0.05, 0) is 67.8 Å². The quantitative estimate of drug-likeness (QED) is 0.745. The first-order valence-electron chi connectivity index (χ1n) is 5.18. The van der Waals surface area contributed by atoms with E-state index in [2.05, 4.69) is 31.9 Å². The second-order valence-corrected chi connectivity index (χ2v) is 5.86. The van der Waals surface area contributed by atoms with Crippen LogP contribution >= 0.6 is 43.5 Å². The fourth-order valence-electron chi connectivity index (χ4n) is 1.44. The first kappa shape index (κ1) is 13.7. The van der Waals surface area contributed by atoms with Gasteiger partial charge in [0.1, 0.15) is 12.4 Å². The van der Waals surface area contributed by atoms with Gasteiger partial charge in [-0.3, -0.25) is 0 Å². The van der Waals surface area contributed by atoms with E-state index < -0.39 is 0 Å². The number of rotatable bonds is 3. The van der Waals surface area contributed by atoms with Crippen LogP contribution in [-0.2, 0) is 6.61 Å². The largest absolute Gasteiger partial charge is 0.488 e. The smallest absolute Gasteiger partial charge is 0.134 e. The van der Waals surface area contributed by atoms with E-state index in [1.807, 2.05) is 24.3 Å². The molecule has 2 aromatic rings. The highest BCUT2D eigenvalue weighted by Gasteiger charge is 2.03. The fraction of sp³-hybridized carbons (Fsp3) is 0.0769. The van der Waals surface area contributed by atoms with Gasteiger partial charge >= 0.3 is 0 Å². The Morgan fingerprint density at radius 1 is 1.06 bits per heavy atom. The molecule has 0 amide bonds. The molecule has 0 heterocycles. The van der Waals surface area contributed by atoms with Crippen molar-refractivity contribution in [1.82, 2.24) is 0 Å². The van der Waals surface area contributed by atoms with Crippen LogP contribution in [-0.4, -0.2) is 0 Å². The maximum atomic E-state index is 5.87. The Hall–Kier alpha value is -0.710. The van der Waals surface area contributed by atoms with Gasteiger partial charge in [-0.15, -0.1) is 0 Å². The first-order valence-corrected chi connectivity index (χ1v) is 7.14. The minimum absolute atomic E-state index is 0.456. The van der Waals surface area contributed by atoms with E-state index in [0.29, 0.717) is 17.3 Å². The summed E-state index contributed by atoms with van der Waals surface area (Å²) in [4.78, 5) is 0. The first-order chi connectivity index (χ1) is 8.56. The van der Waals surface area contributed by atoms with Gasteiger partial charge < -0.3 is 10.5 Å². The van der Waals surface area contributed by atoms with E-state index in [1.54, 1.807) is 12.1 Å². The molecule has 0 aliphatic rings. The Labute approximate surface area is 127 Å². The highest BCUT2D eigenvalue weighted by atomic mass is 79.9. The molecule has 0 unspecified atom stereocenters. The van der Waals surface area contributed by atoms with Crippen LogP contribution in [0.2, 0.25) is 5.02 Å². The molecule has 0 saturated carbocycles. The lowest BCUT2D eigenvalue weighted by atomic mass is 10.2. The Morgan fingerprint density at radius 2 is 1.83 bits per heavy atom. The predicted octanol–water partition coefficient (Wildman–Crippen LogP) is 5.03. The summed E-state index contributed by atoms with van der Waals surface area (Å²) < 4.78 is 7.42. The number of benzene rings is 2. The minimum atomic E-state index is 0.456.